The van der Waals surface area contributed by atoms with Crippen molar-refractivity contribution in [1.29, 1.82) is 0 Å². The third-order valence-electron chi connectivity index (χ3n) is 3.88. The van der Waals surface area contributed by atoms with E-state index in [1.54, 1.807) is 30.3 Å². The van der Waals surface area contributed by atoms with Crippen molar-refractivity contribution in [3.63, 3.8) is 0 Å². The van der Waals surface area contributed by atoms with Crippen molar-refractivity contribution in [3.05, 3.63) is 64.8 Å². The first-order valence-corrected chi connectivity index (χ1v) is 8.88. The molecule has 30 heavy (non-hydrogen) atoms. The summed E-state index contributed by atoms with van der Waals surface area (Å²) >= 11 is 5.77. The molecule has 0 bridgehead atoms. The fourth-order valence-electron chi connectivity index (χ4n) is 2.51. The Morgan fingerprint density at radius 1 is 1.17 bits per heavy atom. The summed E-state index contributed by atoms with van der Waals surface area (Å²) in [5, 5.41) is 3.45. The van der Waals surface area contributed by atoms with Crippen molar-refractivity contribution in [1.82, 2.24) is 4.98 Å². The molecule has 0 fully saturated rings. The number of pyridine rings is 1. The van der Waals surface area contributed by atoms with E-state index in [4.69, 9.17) is 21.1 Å². The second-order valence-corrected chi connectivity index (χ2v) is 6.39. The molecular formula is C21H14ClF3N2O3. The maximum Gasteiger partial charge on any atom is 0.433 e. The van der Waals surface area contributed by atoms with Crippen molar-refractivity contribution < 1.29 is 27.4 Å². The van der Waals surface area contributed by atoms with Gasteiger partial charge in [0.15, 0.2) is 6.61 Å². The largest absolute Gasteiger partial charge is 0.496 e. The number of amides is 1. The van der Waals surface area contributed by atoms with E-state index >= 15 is 0 Å². The van der Waals surface area contributed by atoms with Crippen molar-refractivity contribution in [3.8, 4) is 17.6 Å². The number of fused-ring (bicyclic) bond motifs is 1. The highest BCUT2D eigenvalue weighted by atomic mass is 35.5. The molecule has 0 saturated heterocycles. The third-order valence-corrected chi connectivity index (χ3v) is 4.13. The molecule has 0 atom stereocenters. The van der Waals surface area contributed by atoms with Crippen molar-refractivity contribution in [2.75, 3.05) is 19.0 Å². The van der Waals surface area contributed by atoms with Crippen LogP contribution in [0.4, 0.5) is 23.7 Å². The number of benzene rings is 2. The molecule has 1 heterocycles. The SMILES string of the molecule is COc1cc(C(F)(F)F)nc2ccc(C#CCOC(=O)Nc3ccc(Cl)cc3)cc12. The van der Waals surface area contributed by atoms with E-state index < -0.39 is 18.0 Å². The molecule has 0 spiro atoms. The molecule has 3 aromatic rings. The molecular weight excluding hydrogens is 421 g/mol. The molecule has 1 aromatic heterocycles. The van der Waals surface area contributed by atoms with Gasteiger partial charge in [0.1, 0.15) is 11.4 Å². The van der Waals surface area contributed by atoms with Gasteiger partial charge in [0.05, 0.1) is 12.6 Å². The van der Waals surface area contributed by atoms with Gasteiger partial charge in [-0.15, -0.1) is 0 Å². The molecule has 1 N–H and O–H groups in total. The van der Waals surface area contributed by atoms with E-state index in [0.717, 1.165) is 6.07 Å². The Kier molecular flexibility index (Phi) is 6.33. The Balaban J connectivity index is 1.68. The van der Waals surface area contributed by atoms with Crippen LogP contribution in [0, 0.1) is 11.8 Å². The van der Waals surface area contributed by atoms with E-state index in [9.17, 15) is 18.0 Å². The molecule has 3 rings (SSSR count). The van der Waals surface area contributed by atoms with Gasteiger partial charge in [-0.05, 0) is 42.5 Å². The average molecular weight is 435 g/mol. The van der Waals surface area contributed by atoms with Gasteiger partial charge >= 0.3 is 12.3 Å². The van der Waals surface area contributed by atoms with Crippen LogP contribution in [0.15, 0.2) is 48.5 Å². The Morgan fingerprint density at radius 2 is 1.90 bits per heavy atom. The molecule has 0 radical (unpaired) electrons. The number of hydrogen-bond donors (Lipinski definition) is 1. The number of nitrogens with one attached hydrogen (secondary N) is 1. The lowest BCUT2D eigenvalue weighted by Gasteiger charge is -2.11. The number of rotatable bonds is 3. The highest BCUT2D eigenvalue weighted by molar-refractivity contribution is 6.30. The van der Waals surface area contributed by atoms with Crippen LogP contribution in [0.25, 0.3) is 10.9 Å². The van der Waals surface area contributed by atoms with E-state index in [1.807, 2.05) is 0 Å². The zero-order chi connectivity index (χ0) is 21.7. The lowest BCUT2D eigenvalue weighted by atomic mass is 10.1. The van der Waals surface area contributed by atoms with Crippen molar-refractivity contribution in [2.24, 2.45) is 0 Å². The fraction of sp³-hybridized carbons (Fsp3) is 0.143. The molecule has 0 aliphatic carbocycles. The van der Waals surface area contributed by atoms with Gasteiger partial charge in [0.25, 0.3) is 0 Å². The van der Waals surface area contributed by atoms with Gasteiger partial charge in [-0.3, -0.25) is 5.32 Å². The van der Waals surface area contributed by atoms with Gasteiger partial charge < -0.3 is 9.47 Å². The molecule has 9 heteroatoms. The molecule has 0 saturated carbocycles. The van der Waals surface area contributed by atoms with Gasteiger partial charge in [0.2, 0.25) is 0 Å². The minimum Gasteiger partial charge on any atom is -0.496 e. The van der Waals surface area contributed by atoms with Gasteiger partial charge in [-0.1, -0.05) is 23.4 Å². The van der Waals surface area contributed by atoms with Crippen LogP contribution in [0.5, 0.6) is 5.75 Å². The summed E-state index contributed by atoms with van der Waals surface area (Å²) in [6.07, 6.45) is -5.26. The summed E-state index contributed by atoms with van der Waals surface area (Å²) in [5.41, 5.74) is 0.116. The number of ether oxygens (including phenoxy) is 2. The summed E-state index contributed by atoms with van der Waals surface area (Å²) in [4.78, 5) is 15.4. The molecule has 5 nitrogen and oxygen atoms in total. The molecule has 0 aliphatic rings. The monoisotopic (exact) mass is 434 g/mol. The standard InChI is InChI=1S/C21H14ClF3N2O3/c1-29-18-12-19(21(23,24)25)27-17-9-4-13(11-16(17)18)3-2-10-30-20(28)26-15-7-5-14(22)6-8-15/h4-9,11-12H,10H2,1H3,(H,26,28). The van der Waals surface area contributed by atoms with E-state index in [2.05, 4.69) is 22.1 Å². The number of aromatic nitrogens is 1. The van der Waals surface area contributed by atoms with Crippen LogP contribution in [-0.2, 0) is 10.9 Å². The normalized spacial score (nSPS) is 10.8. The summed E-state index contributed by atoms with van der Waals surface area (Å²) in [5.74, 6) is 5.49. The Labute approximate surface area is 174 Å². The van der Waals surface area contributed by atoms with Gasteiger partial charge in [0, 0.05) is 27.7 Å². The number of carbonyl (C=O) groups is 1. The Bertz CT molecular complexity index is 1140. The first-order valence-electron chi connectivity index (χ1n) is 8.50. The van der Waals surface area contributed by atoms with E-state index in [1.165, 1.54) is 19.2 Å². The number of hydrogen-bond acceptors (Lipinski definition) is 4. The third kappa shape index (κ3) is 5.33. The second kappa shape index (κ2) is 8.93. The van der Waals surface area contributed by atoms with Gasteiger partial charge in [-0.2, -0.15) is 13.2 Å². The molecule has 0 aliphatic heterocycles. The maximum absolute atomic E-state index is 12.9. The minimum absolute atomic E-state index is 0.0366. The molecule has 2 aromatic carbocycles. The van der Waals surface area contributed by atoms with Crippen molar-refractivity contribution >= 4 is 34.3 Å². The first kappa shape index (κ1) is 21.3. The zero-order valence-electron chi connectivity index (χ0n) is 15.5. The number of alkyl halides is 3. The molecule has 154 valence electrons. The minimum atomic E-state index is -4.58. The summed E-state index contributed by atoms with van der Waals surface area (Å²) in [7, 11) is 1.28. The maximum atomic E-state index is 12.9. The number of carbonyl (C=O) groups excluding carboxylic acids is 1. The number of anilines is 1. The van der Waals surface area contributed by atoms with Crippen LogP contribution in [0.1, 0.15) is 11.3 Å². The Hall–Kier alpha value is -3.44. The topological polar surface area (TPSA) is 60.5 Å². The number of nitrogens with zero attached hydrogens (tertiary/aromatic N) is 1. The zero-order valence-corrected chi connectivity index (χ0v) is 16.3. The number of halogens is 4. The van der Waals surface area contributed by atoms with Crippen LogP contribution in [-0.4, -0.2) is 24.8 Å². The van der Waals surface area contributed by atoms with Gasteiger partial charge in [-0.25, -0.2) is 9.78 Å². The fourth-order valence-corrected chi connectivity index (χ4v) is 2.64. The lowest BCUT2D eigenvalue weighted by Crippen LogP contribution is -2.13. The van der Waals surface area contributed by atoms with E-state index in [-0.39, 0.29) is 17.9 Å². The highest BCUT2D eigenvalue weighted by Crippen LogP contribution is 2.34. The smallest absolute Gasteiger partial charge is 0.433 e. The summed E-state index contributed by atoms with van der Waals surface area (Å²) < 4.78 is 48.9. The van der Waals surface area contributed by atoms with Crippen molar-refractivity contribution in [2.45, 2.75) is 6.18 Å². The summed E-state index contributed by atoms with van der Waals surface area (Å²) in [6, 6.07) is 11.8. The lowest BCUT2D eigenvalue weighted by molar-refractivity contribution is -0.141. The first-order chi connectivity index (χ1) is 14.3. The quantitative estimate of drug-likeness (QED) is 0.552. The van der Waals surface area contributed by atoms with Crippen LogP contribution < -0.4 is 10.1 Å². The molecule has 1 amide bonds. The Morgan fingerprint density at radius 3 is 2.57 bits per heavy atom. The summed E-state index contributed by atoms with van der Waals surface area (Å²) in [6.45, 7) is -0.181. The predicted octanol–water partition coefficient (Wildman–Crippen LogP) is 5.52. The average Bonchev–Trinajstić information content (AvgIpc) is 2.71. The van der Waals surface area contributed by atoms with Crippen LogP contribution in [0.3, 0.4) is 0 Å². The number of methoxy groups -OCH3 is 1. The predicted molar refractivity (Wildman–Crippen MR) is 107 cm³/mol. The van der Waals surface area contributed by atoms with Crippen LogP contribution in [0.2, 0.25) is 5.02 Å². The molecule has 0 unspecified atom stereocenters. The second-order valence-electron chi connectivity index (χ2n) is 5.95. The highest BCUT2D eigenvalue weighted by Gasteiger charge is 2.33. The van der Waals surface area contributed by atoms with E-state index in [0.29, 0.717) is 21.7 Å². The van der Waals surface area contributed by atoms with Crippen LogP contribution >= 0.6 is 11.6 Å².